The number of sulfone groups is 1. The van der Waals surface area contributed by atoms with E-state index in [-0.39, 0.29) is 5.16 Å². The van der Waals surface area contributed by atoms with Crippen molar-refractivity contribution >= 4 is 9.84 Å². The third kappa shape index (κ3) is 2.66. The molecule has 0 aliphatic carbocycles. The van der Waals surface area contributed by atoms with Crippen LogP contribution in [-0.4, -0.2) is 24.6 Å². The minimum Gasteiger partial charge on any atom is -0.297 e. The van der Waals surface area contributed by atoms with Gasteiger partial charge in [0.1, 0.15) is 0 Å². The molecule has 0 fully saturated rings. The van der Waals surface area contributed by atoms with Crippen molar-refractivity contribution < 1.29 is 8.42 Å². The number of rotatable bonds is 3. The lowest BCUT2D eigenvalue weighted by atomic mass is 10.2. The monoisotopic (exact) mass is 216 g/mol. The average Bonchev–Trinajstić information content (AvgIpc) is 2.02. The predicted octanol–water partition coefficient (Wildman–Crippen LogP) is 0.126. The van der Waals surface area contributed by atoms with Crippen molar-refractivity contribution in [3.05, 3.63) is 22.1 Å². The molecule has 0 spiro atoms. The largest absolute Gasteiger partial charge is 0.297 e. The Labute approximate surface area is 82.1 Å². The summed E-state index contributed by atoms with van der Waals surface area (Å²) in [6.07, 6.45) is 2.44. The van der Waals surface area contributed by atoms with Gasteiger partial charge in [0.15, 0.2) is 0 Å². The fourth-order valence-corrected chi connectivity index (χ4v) is 1.61. The Morgan fingerprint density at radius 1 is 1.50 bits per heavy atom. The first kappa shape index (κ1) is 10.9. The molecule has 0 atom stereocenters. The summed E-state index contributed by atoms with van der Waals surface area (Å²) in [5.41, 5.74) is 0.0838. The number of aryl methyl sites for hydroxylation is 1. The molecule has 1 N–H and O–H groups in total. The van der Waals surface area contributed by atoms with Crippen molar-refractivity contribution in [3.63, 3.8) is 0 Å². The van der Waals surface area contributed by atoms with E-state index in [2.05, 4.69) is 9.97 Å². The second-order valence-electron chi connectivity index (χ2n) is 3.06. The third-order valence-corrected chi connectivity index (χ3v) is 2.53. The maximum Gasteiger partial charge on any atom is 0.251 e. The summed E-state index contributed by atoms with van der Waals surface area (Å²) in [6, 6.07) is 1.32. The minimum absolute atomic E-state index is 0.256. The lowest BCUT2D eigenvalue weighted by Gasteiger charge is -2.00. The lowest BCUT2D eigenvalue weighted by molar-refractivity contribution is 0.590. The third-order valence-electron chi connectivity index (χ3n) is 1.63. The second kappa shape index (κ2) is 3.91. The Morgan fingerprint density at radius 3 is 2.64 bits per heavy atom. The molecule has 14 heavy (non-hydrogen) atoms. The summed E-state index contributed by atoms with van der Waals surface area (Å²) in [4.78, 5) is 17.1. The van der Waals surface area contributed by atoms with Crippen LogP contribution in [0.2, 0.25) is 0 Å². The molecule has 0 radical (unpaired) electrons. The van der Waals surface area contributed by atoms with E-state index in [9.17, 15) is 13.2 Å². The SMILES string of the molecule is CCCc1cc(=O)[nH]c(S(C)(=O)=O)n1. The van der Waals surface area contributed by atoms with Crippen LogP contribution in [0.3, 0.4) is 0 Å². The van der Waals surface area contributed by atoms with Gasteiger partial charge in [-0.3, -0.25) is 9.78 Å². The van der Waals surface area contributed by atoms with Crippen molar-refractivity contribution in [2.75, 3.05) is 6.26 Å². The highest BCUT2D eigenvalue weighted by Crippen LogP contribution is 2.01. The molecule has 0 saturated carbocycles. The van der Waals surface area contributed by atoms with E-state index < -0.39 is 15.4 Å². The first-order chi connectivity index (χ1) is 6.43. The number of hydrogen-bond acceptors (Lipinski definition) is 4. The van der Waals surface area contributed by atoms with Crippen molar-refractivity contribution in [1.82, 2.24) is 9.97 Å². The van der Waals surface area contributed by atoms with Crippen LogP contribution in [0, 0.1) is 0 Å². The quantitative estimate of drug-likeness (QED) is 0.728. The van der Waals surface area contributed by atoms with E-state index in [1.165, 1.54) is 6.07 Å². The zero-order chi connectivity index (χ0) is 10.8. The van der Waals surface area contributed by atoms with Gasteiger partial charge in [-0.2, -0.15) is 0 Å². The standard InChI is InChI=1S/C8H12N2O3S/c1-3-4-6-5-7(11)10-8(9-6)14(2,12)13/h5H,3-4H2,1-2H3,(H,9,10,11). The molecule has 5 nitrogen and oxygen atoms in total. The summed E-state index contributed by atoms with van der Waals surface area (Å²) in [6.45, 7) is 1.93. The number of H-pyrrole nitrogens is 1. The number of aromatic amines is 1. The van der Waals surface area contributed by atoms with Crippen LogP contribution in [0.1, 0.15) is 19.0 Å². The molecule has 0 aromatic carbocycles. The van der Waals surface area contributed by atoms with Gasteiger partial charge in [0, 0.05) is 18.0 Å². The van der Waals surface area contributed by atoms with Crippen molar-refractivity contribution in [2.24, 2.45) is 0 Å². The fraction of sp³-hybridized carbons (Fsp3) is 0.500. The molecule has 1 heterocycles. The van der Waals surface area contributed by atoms with Crippen molar-refractivity contribution in [2.45, 2.75) is 24.9 Å². The summed E-state index contributed by atoms with van der Waals surface area (Å²) >= 11 is 0. The zero-order valence-corrected chi connectivity index (χ0v) is 8.89. The van der Waals surface area contributed by atoms with Gasteiger partial charge < -0.3 is 0 Å². The fourth-order valence-electron chi connectivity index (χ4n) is 1.04. The van der Waals surface area contributed by atoms with E-state index in [1.807, 2.05) is 6.92 Å². The van der Waals surface area contributed by atoms with E-state index in [0.29, 0.717) is 12.1 Å². The highest BCUT2D eigenvalue weighted by molar-refractivity contribution is 7.90. The van der Waals surface area contributed by atoms with Gasteiger partial charge in [0.25, 0.3) is 5.56 Å². The maximum atomic E-state index is 11.1. The van der Waals surface area contributed by atoms with Gasteiger partial charge in [0.05, 0.1) is 0 Å². The Balaban J connectivity index is 3.28. The molecule has 1 rings (SSSR count). The number of nitrogens with zero attached hydrogens (tertiary/aromatic N) is 1. The van der Waals surface area contributed by atoms with Crippen LogP contribution in [0.15, 0.2) is 16.0 Å². The molecule has 0 bridgehead atoms. The lowest BCUT2D eigenvalue weighted by Crippen LogP contribution is -2.15. The first-order valence-electron chi connectivity index (χ1n) is 4.24. The van der Waals surface area contributed by atoms with E-state index in [4.69, 9.17) is 0 Å². The molecule has 0 unspecified atom stereocenters. The molecule has 1 aromatic heterocycles. The summed E-state index contributed by atoms with van der Waals surface area (Å²) in [5.74, 6) is 0. The topological polar surface area (TPSA) is 79.9 Å². The molecule has 0 aliphatic rings. The van der Waals surface area contributed by atoms with Gasteiger partial charge >= 0.3 is 0 Å². The van der Waals surface area contributed by atoms with E-state index in [0.717, 1.165) is 12.7 Å². The van der Waals surface area contributed by atoms with Gasteiger partial charge in [-0.1, -0.05) is 13.3 Å². The molecule has 6 heteroatoms. The summed E-state index contributed by atoms with van der Waals surface area (Å²) in [7, 11) is -3.43. The van der Waals surface area contributed by atoms with Crippen LogP contribution in [0.5, 0.6) is 0 Å². The molecular weight excluding hydrogens is 204 g/mol. The number of nitrogens with one attached hydrogen (secondary N) is 1. The average molecular weight is 216 g/mol. The summed E-state index contributed by atoms with van der Waals surface area (Å²) < 4.78 is 22.2. The highest BCUT2D eigenvalue weighted by Gasteiger charge is 2.11. The van der Waals surface area contributed by atoms with Crippen LogP contribution in [0.4, 0.5) is 0 Å². The zero-order valence-electron chi connectivity index (χ0n) is 8.07. The van der Waals surface area contributed by atoms with E-state index >= 15 is 0 Å². The Bertz CT molecular complexity index is 476. The van der Waals surface area contributed by atoms with Crippen molar-refractivity contribution in [3.8, 4) is 0 Å². The van der Waals surface area contributed by atoms with Crippen molar-refractivity contribution in [1.29, 1.82) is 0 Å². The van der Waals surface area contributed by atoms with Crippen LogP contribution in [0.25, 0.3) is 0 Å². The highest BCUT2D eigenvalue weighted by atomic mass is 32.2. The van der Waals surface area contributed by atoms with Gasteiger partial charge in [0.2, 0.25) is 15.0 Å². The van der Waals surface area contributed by atoms with Crippen LogP contribution in [-0.2, 0) is 16.3 Å². The maximum absolute atomic E-state index is 11.1. The normalized spacial score (nSPS) is 11.6. The molecular formula is C8H12N2O3S. The predicted molar refractivity (Wildman–Crippen MR) is 52.0 cm³/mol. The number of aromatic nitrogens is 2. The van der Waals surface area contributed by atoms with Gasteiger partial charge in [-0.15, -0.1) is 0 Å². The molecule has 0 saturated heterocycles. The molecule has 78 valence electrons. The number of hydrogen-bond donors (Lipinski definition) is 1. The second-order valence-corrected chi connectivity index (χ2v) is 5.00. The van der Waals surface area contributed by atoms with E-state index in [1.54, 1.807) is 0 Å². The van der Waals surface area contributed by atoms with Crippen LogP contribution >= 0.6 is 0 Å². The molecule has 0 amide bonds. The molecule has 0 aliphatic heterocycles. The summed E-state index contributed by atoms with van der Waals surface area (Å²) in [5, 5.41) is -0.256. The van der Waals surface area contributed by atoms with Gasteiger partial charge in [-0.25, -0.2) is 13.4 Å². The first-order valence-corrected chi connectivity index (χ1v) is 6.13. The molecule has 1 aromatic rings. The van der Waals surface area contributed by atoms with Crippen LogP contribution < -0.4 is 5.56 Å². The smallest absolute Gasteiger partial charge is 0.251 e. The Kier molecular flexibility index (Phi) is 3.05. The minimum atomic E-state index is -3.43. The Hall–Kier alpha value is -1.17. The van der Waals surface area contributed by atoms with Gasteiger partial charge in [-0.05, 0) is 6.42 Å². The Morgan fingerprint density at radius 2 is 2.14 bits per heavy atom.